The minimum Gasteiger partial charge on any atom is -0.486 e. The summed E-state index contributed by atoms with van der Waals surface area (Å²) in [5.41, 5.74) is 4.81. The van der Waals surface area contributed by atoms with Gasteiger partial charge in [0.25, 0.3) is 5.91 Å². The van der Waals surface area contributed by atoms with E-state index >= 15 is 0 Å². The number of hydrogen-bond donors (Lipinski definition) is 2. The molecule has 5 nitrogen and oxygen atoms in total. The number of amides is 1. The molecule has 0 atom stereocenters. The molecule has 0 saturated carbocycles. The Kier molecular flexibility index (Phi) is 4.65. The predicted octanol–water partition coefficient (Wildman–Crippen LogP) is 2.89. The van der Waals surface area contributed by atoms with Crippen molar-refractivity contribution in [2.45, 2.75) is 33.3 Å². The van der Waals surface area contributed by atoms with Gasteiger partial charge >= 0.3 is 0 Å². The molecule has 3 N–H and O–H groups in total. The molecule has 0 aliphatic carbocycles. The summed E-state index contributed by atoms with van der Waals surface area (Å²) < 4.78 is 11.0. The third-order valence-corrected chi connectivity index (χ3v) is 3.17. The monoisotopic (exact) mass is 288 g/mol. The first kappa shape index (κ1) is 15.1. The molecule has 2 aromatic rings. The van der Waals surface area contributed by atoms with Crippen LogP contribution in [0.25, 0.3) is 0 Å². The molecule has 0 radical (unpaired) electrons. The van der Waals surface area contributed by atoms with E-state index in [2.05, 4.69) is 25.3 Å². The third-order valence-electron chi connectivity index (χ3n) is 3.17. The number of carbonyl (C=O) groups is 1. The summed E-state index contributed by atoms with van der Waals surface area (Å²) in [4.78, 5) is 11.3. The minimum absolute atomic E-state index is 0.263. The second kappa shape index (κ2) is 6.45. The normalized spacial score (nSPS) is 10.7. The summed E-state index contributed by atoms with van der Waals surface area (Å²) in [5, 5.41) is 0. The third kappa shape index (κ3) is 3.86. The molecule has 0 saturated heterocycles. The summed E-state index contributed by atoms with van der Waals surface area (Å²) in [6.07, 6.45) is 1.36. The average molecular weight is 288 g/mol. The summed E-state index contributed by atoms with van der Waals surface area (Å²) >= 11 is 0. The molecule has 0 aliphatic rings. The Balaban J connectivity index is 2.06. The van der Waals surface area contributed by atoms with Crippen molar-refractivity contribution in [2.24, 2.45) is 5.84 Å². The fourth-order valence-electron chi connectivity index (χ4n) is 2.01. The van der Waals surface area contributed by atoms with Crippen molar-refractivity contribution in [3.05, 3.63) is 53.0 Å². The van der Waals surface area contributed by atoms with Gasteiger partial charge in [-0.25, -0.2) is 5.84 Å². The zero-order valence-electron chi connectivity index (χ0n) is 12.5. The molecule has 2 rings (SSSR count). The maximum Gasteiger partial charge on any atom is 0.268 e. The number of nitrogens with one attached hydrogen (secondary N) is 1. The molecule has 1 aromatic heterocycles. The highest BCUT2D eigenvalue weighted by Crippen LogP contribution is 2.23. The first-order valence-corrected chi connectivity index (χ1v) is 6.82. The number of nitrogens with two attached hydrogens (primary N) is 1. The van der Waals surface area contributed by atoms with E-state index in [0.717, 1.165) is 11.3 Å². The molecule has 0 spiro atoms. The van der Waals surface area contributed by atoms with Crippen LogP contribution in [0.3, 0.4) is 0 Å². The SMILES string of the molecule is Cc1cc(OCc2cc(C(=O)NN)co2)cc(C(C)C)c1. The largest absolute Gasteiger partial charge is 0.486 e. The van der Waals surface area contributed by atoms with Crippen LogP contribution in [0.1, 0.15) is 47.0 Å². The Morgan fingerprint density at radius 3 is 2.76 bits per heavy atom. The molecule has 1 amide bonds. The molecular weight excluding hydrogens is 268 g/mol. The van der Waals surface area contributed by atoms with Crippen LogP contribution in [-0.4, -0.2) is 5.91 Å². The van der Waals surface area contributed by atoms with Crippen molar-refractivity contribution in [1.29, 1.82) is 0 Å². The van der Waals surface area contributed by atoms with Crippen LogP contribution in [0.15, 0.2) is 34.9 Å². The summed E-state index contributed by atoms with van der Waals surface area (Å²) in [6, 6.07) is 7.76. The molecule has 21 heavy (non-hydrogen) atoms. The Morgan fingerprint density at radius 1 is 1.33 bits per heavy atom. The lowest BCUT2D eigenvalue weighted by Gasteiger charge is -2.11. The van der Waals surface area contributed by atoms with Gasteiger partial charge in [-0.15, -0.1) is 0 Å². The van der Waals surface area contributed by atoms with Crippen LogP contribution in [-0.2, 0) is 6.61 Å². The number of furan rings is 1. The lowest BCUT2D eigenvalue weighted by atomic mass is 10.0. The van der Waals surface area contributed by atoms with Gasteiger partial charge in [0.15, 0.2) is 0 Å². The van der Waals surface area contributed by atoms with Crippen LogP contribution in [0.2, 0.25) is 0 Å². The van der Waals surface area contributed by atoms with E-state index in [0.29, 0.717) is 17.2 Å². The van der Waals surface area contributed by atoms with Crippen molar-refractivity contribution < 1.29 is 13.9 Å². The van der Waals surface area contributed by atoms with E-state index < -0.39 is 0 Å². The number of nitrogen functional groups attached to an aromatic ring is 1. The van der Waals surface area contributed by atoms with E-state index in [9.17, 15) is 4.79 Å². The first-order valence-electron chi connectivity index (χ1n) is 6.82. The van der Waals surface area contributed by atoms with Gasteiger partial charge in [-0.3, -0.25) is 10.2 Å². The Bertz CT molecular complexity index is 632. The van der Waals surface area contributed by atoms with E-state index in [1.165, 1.54) is 11.8 Å². The summed E-state index contributed by atoms with van der Waals surface area (Å²) in [5.74, 6) is 6.48. The van der Waals surface area contributed by atoms with Crippen molar-refractivity contribution >= 4 is 5.91 Å². The van der Waals surface area contributed by atoms with Gasteiger partial charge in [0.05, 0.1) is 5.56 Å². The second-order valence-electron chi connectivity index (χ2n) is 5.30. The van der Waals surface area contributed by atoms with Crippen LogP contribution < -0.4 is 16.0 Å². The molecule has 1 aromatic carbocycles. The lowest BCUT2D eigenvalue weighted by Crippen LogP contribution is -2.29. The van der Waals surface area contributed by atoms with Crippen LogP contribution >= 0.6 is 0 Å². The fraction of sp³-hybridized carbons (Fsp3) is 0.312. The molecule has 0 bridgehead atoms. The minimum atomic E-state index is -0.386. The van der Waals surface area contributed by atoms with E-state index in [1.54, 1.807) is 6.07 Å². The number of rotatable bonds is 5. The van der Waals surface area contributed by atoms with Gasteiger partial charge in [-0.1, -0.05) is 19.9 Å². The maximum atomic E-state index is 11.3. The standard InChI is InChI=1S/C16H20N2O3/c1-10(2)12-4-11(3)5-14(6-12)21-9-15-7-13(8-20-15)16(19)18-17/h4-8,10H,9,17H2,1-3H3,(H,18,19). The molecule has 0 fully saturated rings. The number of aryl methyl sites for hydroxylation is 1. The van der Waals surface area contributed by atoms with Gasteiger partial charge < -0.3 is 9.15 Å². The molecular formula is C16H20N2O3. The van der Waals surface area contributed by atoms with Gasteiger partial charge in [-0.05, 0) is 42.2 Å². The highest BCUT2D eigenvalue weighted by Gasteiger charge is 2.10. The number of hydrazine groups is 1. The zero-order chi connectivity index (χ0) is 15.4. The predicted molar refractivity (Wildman–Crippen MR) is 80.0 cm³/mol. The summed E-state index contributed by atoms with van der Waals surface area (Å²) in [7, 11) is 0. The topological polar surface area (TPSA) is 77.5 Å². The molecule has 5 heteroatoms. The highest BCUT2D eigenvalue weighted by molar-refractivity contribution is 5.93. The molecule has 112 valence electrons. The molecule has 1 heterocycles. The first-order chi connectivity index (χ1) is 9.99. The fourth-order valence-corrected chi connectivity index (χ4v) is 2.01. The Morgan fingerprint density at radius 2 is 2.10 bits per heavy atom. The lowest BCUT2D eigenvalue weighted by molar-refractivity contribution is 0.0953. The van der Waals surface area contributed by atoms with Crippen LogP contribution in [0.4, 0.5) is 0 Å². The number of ether oxygens (including phenoxy) is 1. The van der Waals surface area contributed by atoms with Crippen molar-refractivity contribution in [1.82, 2.24) is 5.43 Å². The number of hydrogen-bond acceptors (Lipinski definition) is 4. The number of carbonyl (C=O) groups excluding carboxylic acids is 1. The highest BCUT2D eigenvalue weighted by atomic mass is 16.5. The zero-order valence-corrected chi connectivity index (χ0v) is 12.5. The summed E-state index contributed by atoms with van der Waals surface area (Å²) in [6.45, 7) is 6.58. The van der Waals surface area contributed by atoms with E-state index in [1.807, 2.05) is 19.1 Å². The molecule has 0 unspecified atom stereocenters. The van der Waals surface area contributed by atoms with Crippen molar-refractivity contribution in [3.63, 3.8) is 0 Å². The van der Waals surface area contributed by atoms with Gasteiger partial charge in [0.2, 0.25) is 0 Å². The average Bonchev–Trinajstić information content (AvgIpc) is 2.92. The van der Waals surface area contributed by atoms with Crippen molar-refractivity contribution in [3.8, 4) is 5.75 Å². The van der Waals surface area contributed by atoms with Gasteiger partial charge in [0.1, 0.15) is 24.4 Å². The second-order valence-corrected chi connectivity index (χ2v) is 5.30. The smallest absolute Gasteiger partial charge is 0.268 e. The van der Waals surface area contributed by atoms with E-state index in [4.69, 9.17) is 15.0 Å². The molecule has 0 aliphatic heterocycles. The quantitative estimate of drug-likeness (QED) is 0.504. The van der Waals surface area contributed by atoms with Gasteiger partial charge in [-0.2, -0.15) is 0 Å². The van der Waals surface area contributed by atoms with Crippen LogP contribution in [0.5, 0.6) is 5.75 Å². The maximum absolute atomic E-state index is 11.3. The Hall–Kier alpha value is -2.27. The number of benzene rings is 1. The Labute approximate surface area is 124 Å². The van der Waals surface area contributed by atoms with Gasteiger partial charge in [0, 0.05) is 0 Å². The van der Waals surface area contributed by atoms with E-state index in [-0.39, 0.29) is 12.5 Å². The van der Waals surface area contributed by atoms with Crippen LogP contribution in [0, 0.1) is 6.92 Å². The van der Waals surface area contributed by atoms with Crippen molar-refractivity contribution in [2.75, 3.05) is 0 Å².